The first-order valence-corrected chi connectivity index (χ1v) is 6.50. The van der Waals surface area contributed by atoms with E-state index in [-0.39, 0.29) is 5.25 Å². The van der Waals surface area contributed by atoms with Crippen LogP contribution in [0.25, 0.3) is 0 Å². The molecule has 0 atom stereocenters. The monoisotopic (exact) mass is 301 g/mol. The van der Waals surface area contributed by atoms with E-state index in [9.17, 15) is 8.42 Å². The van der Waals surface area contributed by atoms with E-state index < -0.39 is 10.0 Å². The molecule has 0 aliphatic carbocycles. The lowest BCUT2D eigenvalue weighted by Crippen LogP contribution is -2.47. The third-order valence-corrected chi connectivity index (χ3v) is 4.92. The average molecular weight is 301 g/mol. The van der Waals surface area contributed by atoms with E-state index in [1.165, 1.54) is 9.88 Å². The Labute approximate surface area is 87.0 Å². The molecule has 1 rings (SSSR count). The fourth-order valence-electron chi connectivity index (χ4n) is 0.954. The number of nitrogens with zero attached hydrogens (tertiary/aromatic N) is 1. The van der Waals surface area contributed by atoms with Gasteiger partial charge in [0.05, 0.1) is 5.25 Å². The zero-order chi connectivity index (χ0) is 9.35. The Balaban J connectivity index is 2.65. The molecule has 0 aromatic carbocycles. The number of halogens is 1. The molecule has 1 aliphatic heterocycles. The topological polar surface area (TPSA) is 37.4 Å². The summed E-state index contributed by atoms with van der Waals surface area (Å²) in [7, 11) is -2.99. The fraction of sp³-hybridized carbons (Fsp3) is 0.714. The van der Waals surface area contributed by atoms with Gasteiger partial charge in [0.15, 0.2) is 0 Å². The van der Waals surface area contributed by atoms with E-state index in [0.29, 0.717) is 13.1 Å². The van der Waals surface area contributed by atoms with Crippen LogP contribution < -0.4 is 0 Å². The van der Waals surface area contributed by atoms with Crippen molar-refractivity contribution in [2.24, 2.45) is 0 Å². The predicted octanol–water partition coefficient (Wildman–Crippen LogP) is 1.36. The molecule has 12 heavy (non-hydrogen) atoms. The predicted molar refractivity (Wildman–Crippen MR) is 57.7 cm³/mol. The van der Waals surface area contributed by atoms with Gasteiger partial charge in [-0.1, -0.05) is 22.6 Å². The molecule has 0 N–H and O–H groups in total. The summed E-state index contributed by atoms with van der Waals surface area (Å²) in [6.07, 6.45) is 0. The Morgan fingerprint density at radius 1 is 1.50 bits per heavy atom. The highest BCUT2D eigenvalue weighted by molar-refractivity contribution is 14.1. The number of hydrogen-bond acceptors (Lipinski definition) is 2. The van der Waals surface area contributed by atoms with Gasteiger partial charge in [0.2, 0.25) is 10.0 Å². The molecule has 0 radical (unpaired) electrons. The standard InChI is InChI=1S/C7H12INO2S/c1-6(2)12(10,11)9-4-7(3-8)5-9/h3,6H,4-5H2,1-2H3. The molecule has 0 amide bonds. The highest BCUT2D eigenvalue weighted by Gasteiger charge is 2.32. The molecule has 0 aromatic rings. The highest BCUT2D eigenvalue weighted by Crippen LogP contribution is 2.22. The molecule has 3 nitrogen and oxygen atoms in total. The summed E-state index contributed by atoms with van der Waals surface area (Å²) < 4.78 is 26.4. The molecular weight excluding hydrogens is 289 g/mol. The largest absolute Gasteiger partial charge is 0.217 e. The number of rotatable bonds is 2. The fourth-order valence-corrected chi connectivity index (χ4v) is 2.64. The second-order valence-corrected chi connectivity index (χ2v) is 6.24. The Kier molecular flexibility index (Phi) is 3.16. The normalized spacial score (nSPS) is 19.5. The highest BCUT2D eigenvalue weighted by atomic mass is 127. The SMILES string of the molecule is CC(C)S(=O)(=O)N1CC(=CI)C1. The minimum Gasteiger partial charge on any atom is -0.212 e. The van der Waals surface area contributed by atoms with Gasteiger partial charge >= 0.3 is 0 Å². The van der Waals surface area contributed by atoms with E-state index in [1.807, 2.05) is 4.08 Å². The summed E-state index contributed by atoms with van der Waals surface area (Å²) in [6.45, 7) is 4.59. The molecule has 0 spiro atoms. The lowest BCUT2D eigenvalue weighted by Gasteiger charge is -2.33. The summed E-state index contributed by atoms with van der Waals surface area (Å²) in [5.74, 6) is 0. The number of hydrogen-bond donors (Lipinski definition) is 0. The first kappa shape index (κ1) is 10.5. The molecule has 0 unspecified atom stereocenters. The molecule has 1 aliphatic rings. The maximum atomic E-state index is 11.5. The molecule has 1 heterocycles. The summed E-state index contributed by atoms with van der Waals surface area (Å²) in [5.41, 5.74) is 1.19. The average Bonchev–Trinajstić information content (AvgIpc) is 1.84. The second kappa shape index (κ2) is 3.63. The molecule has 0 bridgehead atoms. The van der Waals surface area contributed by atoms with Gasteiger partial charge in [-0.2, -0.15) is 4.31 Å². The van der Waals surface area contributed by atoms with Gasteiger partial charge in [0.1, 0.15) is 0 Å². The quantitative estimate of drug-likeness (QED) is 0.722. The minimum atomic E-state index is -2.99. The Hall–Kier alpha value is 0.380. The van der Waals surface area contributed by atoms with Crippen molar-refractivity contribution >= 4 is 32.6 Å². The first-order chi connectivity index (χ1) is 5.48. The maximum absolute atomic E-state index is 11.5. The summed E-state index contributed by atoms with van der Waals surface area (Å²) in [5, 5.41) is -0.298. The van der Waals surface area contributed by atoms with Crippen LogP contribution in [0.3, 0.4) is 0 Å². The second-order valence-electron chi connectivity index (χ2n) is 3.13. The van der Waals surface area contributed by atoms with Crippen LogP contribution in [0.15, 0.2) is 9.66 Å². The van der Waals surface area contributed by atoms with Gasteiger partial charge < -0.3 is 0 Å². The van der Waals surface area contributed by atoms with Gasteiger partial charge in [0.25, 0.3) is 0 Å². The van der Waals surface area contributed by atoms with Crippen molar-refractivity contribution in [3.05, 3.63) is 9.66 Å². The van der Waals surface area contributed by atoms with Crippen LogP contribution in [-0.2, 0) is 10.0 Å². The summed E-state index contributed by atoms with van der Waals surface area (Å²) in [4.78, 5) is 0. The van der Waals surface area contributed by atoms with Gasteiger partial charge in [-0.15, -0.1) is 0 Å². The molecule has 1 fully saturated rings. The van der Waals surface area contributed by atoms with Crippen molar-refractivity contribution in [1.82, 2.24) is 4.31 Å². The van der Waals surface area contributed by atoms with Crippen LogP contribution in [0.2, 0.25) is 0 Å². The van der Waals surface area contributed by atoms with Crippen LogP contribution in [0, 0.1) is 0 Å². The van der Waals surface area contributed by atoms with Crippen molar-refractivity contribution in [1.29, 1.82) is 0 Å². The van der Waals surface area contributed by atoms with Crippen LogP contribution in [-0.4, -0.2) is 31.1 Å². The molecule has 0 saturated carbocycles. The lowest BCUT2D eigenvalue weighted by atomic mass is 10.2. The molecule has 5 heteroatoms. The van der Waals surface area contributed by atoms with E-state index in [1.54, 1.807) is 13.8 Å². The molecular formula is C7H12INO2S. The lowest BCUT2D eigenvalue weighted by molar-refractivity contribution is 0.388. The van der Waals surface area contributed by atoms with Crippen molar-refractivity contribution in [2.45, 2.75) is 19.1 Å². The molecule has 1 saturated heterocycles. The Morgan fingerprint density at radius 2 is 2.00 bits per heavy atom. The smallest absolute Gasteiger partial charge is 0.212 e. The van der Waals surface area contributed by atoms with E-state index in [4.69, 9.17) is 0 Å². The van der Waals surface area contributed by atoms with Crippen molar-refractivity contribution in [3.8, 4) is 0 Å². The van der Waals surface area contributed by atoms with Crippen LogP contribution >= 0.6 is 22.6 Å². The summed E-state index contributed by atoms with van der Waals surface area (Å²) >= 11 is 2.14. The van der Waals surface area contributed by atoms with Crippen LogP contribution in [0.1, 0.15) is 13.8 Å². The number of sulfonamides is 1. The van der Waals surface area contributed by atoms with Crippen molar-refractivity contribution in [2.75, 3.05) is 13.1 Å². The van der Waals surface area contributed by atoms with Crippen molar-refractivity contribution in [3.63, 3.8) is 0 Å². The molecule has 70 valence electrons. The summed E-state index contributed by atoms with van der Waals surface area (Å²) in [6, 6.07) is 0. The van der Waals surface area contributed by atoms with Gasteiger partial charge in [0, 0.05) is 13.1 Å². The van der Waals surface area contributed by atoms with Crippen LogP contribution in [0.5, 0.6) is 0 Å². The third-order valence-electron chi connectivity index (χ3n) is 1.87. The maximum Gasteiger partial charge on any atom is 0.217 e. The Morgan fingerprint density at radius 3 is 2.33 bits per heavy atom. The first-order valence-electron chi connectivity index (χ1n) is 3.75. The van der Waals surface area contributed by atoms with E-state index in [2.05, 4.69) is 22.6 Å². The zero-order valence-electron chi connectivity index (χ0n) is 7.12. The Bertz CT molecular complexity index is 287. The van der Waals surface area contributed by atoms with Gasteiger partial charge in [-0.25, -0.2) is 8.42 Å². The van der Waals surface area contributed by atoms with Crippen molar-refractivity contribution < 1.29 is 8.42 Å². The zero-order valence-corrected chi connectivity index (χ0v) is 10.1. The van der Waals surface area contributed by atoms with Crippen LogP contribution in [0.4, 0.5) is 0 Å². The van der Waals surface area contributed by atoms with E-state index in [0.717, 1.165) is 0 Å². The van der Waals surface area contributed by atoms with E-state index >= 15 is 0 Å². The van der Waals surface area contributed by atoms with Gasteiger partial charge in [-0.05, 0) is 23.5 Å². The van der Waals surface area contributed by atoms with Gasteiger partial charge in [-0.3, -0.25) is 0 Å². The third kappa shape index (κ3) is 1.82. The molecule has 0 aromatic heterocycles. The minimum absolute atomic E-state index is 0.298.